The van der Waals surface area contributed by atoms with Crippen LogP contribution in [0.1, 0.15) is 31.2 Å². The Morgan fingerprint density at radius 1 is 1.39 bits per heavy atom. The zero-order valence-electron chi connectivity index (χ0n) is 11.1. The van der Waals surface area contributed by atoms with Gasteiger partial charge in [0.2, 0.25) is 0 Å². The molecule has 1 aromatic carbocycles. The zero-order chi connectivity index (χ0) is 12.8. The molecule has 1 aromatic rings. The molecule has 100 valence electrons. The summed E-state index contributed by atoms with van der Waals surface area (Å²) in [5, 5.41) is 13.1. The smallest absolute Gasteiger partial charge is 0.119 e. The van der Waals surface area contributed by atoms with Crippen molar-refractivity contribution in [1.29, 1.82) is 0 Å². The quantitative estimate of drug-likeness (QED) is 0.841. The van der Waals surface area contributed by atoms with Gasteiger partial charge in [-0.05, 0) is 49.4 Å². The fraction of sp³-hybridized carbons (Fsp3) is 0.600. The van der Waals surface area contributed by atoms with Crippen LogP contribution in [0.15, 0.2) is 24.3 Å². The fourth-order valence-corrected chi connectivity index (χ4v) is 2.65. The van der Waals surface area contributed by atoms with Crippen LogP contribution in [-0.4, -0.2) is 24.9 Å². The van der Waals surface area contributed by atoms with Gasteiger partial charge in [0.15, 0.2) is 0 Å². The van der Waals surface area contributed by atoms with E-state index in [1.807, 2.05) is 12.1 Å². The van der Waals surface area contributed by atoms with Crippen LogP contribution in [0.4, 0.5) is 0 Å². The van der Waals surface area contributed by atoms with E-state index in [1.54, 1.807) is 7.11 Å². The SMILES string of the molecule is COc1cccc(CNCC2CCCC(O)C2)c1. The van der Waals surface area contributed by atoms with E-state index in [0.717, 1.165) is 38.1 Å². The molecular weight excluding hydrogens is 226 g/mol. The summed E-state index contributed by atoms with van der Waals surface area (Å²) in [5.41, 5.74) is 1.24. The highest BCUT2D eigenvalue weighted by Gasteiger charge is 2.19. The van der Waals surface area contributed by atoms with Gasteiger partial charge >= 0.3 is 0 Å². The second-order valence-corrected chi connectivity index (χ2v) is 5.17. The van der Waals surface area contributed by atoms with Crippen molar-refractivity contribution >= 4 is 0 Å². The van der Waals surface area contributed by atoms with Gasteiger partial charge in [0.05, 0.1) is 13.2 Å². The molecule has 0 radical (unpaired) electrons. The highest BCUT2D eigenvalue weighted by molar-refractivity contribution is 5.28. The highest BCUT2D eigenvalue weighted by Crippen LogP contribution is 2.23. The van der Waals surface area contributed by atoms with Crippen molar-refractivity contribution in [3.8, 4) is 5.75 Å². The number of aliphatic hydroxyl groups excluding tert-OH is 1. The van der Waals surface area contributed by atoms with E-state index in [-0.39, 0.29) is 6.10 Å². The summed E-state index contributed by atoms with van der Waals surface area (Å²) in [5.74, 6) is 1.53. The summed E-state index contributed by atoms with van der Waals surface area (Å²) in [6, 6.07) is 8.13. The standard InChI is InChI=1S/C15H23NO2/c1-18-15-7-3-5-13(9-15)11-16-10-12-4-2-6-14(17)8-12/h3,5,7,9,12,14,16-17H,2,4,6,8,10-11H2,1H3. The van der Waals surface area contributed by atoms with Crippen LogP contribution < -0.4 is 10.1 Å². The predicted molar refractivity (Wildman–Crippen MR) is 72.7 cm³/mol. The Morgan fingerprint density at radius 3 is 3.06 bits per heavy atom. The Labute approximate surface area is 109 Å². The molecule has 0 bridgehead atoms. The van der Waals surface area contributed by atoms with Crippen molar-refractivity contribution in [2.45, 2.75) is 38.3 Å². The zero-order valence-corrected chi connectivity index (χ0v) is 11.1. The molecule has 1 aliphatic rings. The first-order valence-corrected chi connectivity index (χ1v) is 6.79. The van der Waals surface area contributed by atoms with Crippen LogP contribution in [0.3, 0.4) is 0 Å². The number of benzene rings is 1. The molecule has 18 heavy (non-hydrogen) atoms. The van der Waals surface area contributed by atoms with Crippen LogP contribution in [-0.2, 0) is 6.54 Å². The predicted octanol–water partition coefficient (Wildman–Crippen LogP) is 2.34. The minimum Gasteiger partial charge on any atom is -0.497 e. The minimum atomic E-state index is -0.0811. The summed E-state index contributed by atoms with van der Waals surface area (Å²) < 4.78 is 5.20. The monoisotopic (exact) mass is 249 g/mol. The molecule has 1 fully saturated rings. The Hall–Kier alpha value is -1.06. The first-order chi connectivity index (χ1) is 8.78. The van der Waals surface area contributed by atoms with Crippen molar-refractivity contribution in [2.75, 3.05) is 13.7 Å². The molecule has 3 heteroatoms. The van der Waals surface area contributed by atoms with Gasteiger partial charge in [-0.1, -0.05) is 18.6 Å². The van der Waals surface area contributed by atoms with E-state index < -0.39 is 0 Å². The number of hydrogen-bond acceptors (Lipinski definition) is 3. The Balaban J connectivity index is 1.74. The van der Waals surface area contributed by atoms with Gasteiger partial charge < -0.3 is 15.2 Å². The lowest BCUT2D eigenvalue weighted by molar-refractivity contribution is 0.101. The molecule has 0 aliphatic heterocycles. The molecule has 2 unspecified atom stereocenters. The van der Waals surface area contributed by atoms with Gasteiger partial charge in [0.25, 0.3) is 0 Å². The molecule has 2 rings (SSSR count). The van der Waals surface area contributed by atoms with Crippen LogP contribution >= 0.6 is 0 Å². The average Bonchev–Trinajstić information content (AvgIpc) is 2.39. The summed E-state index contributed by atoms with van der Waals surface area (Å²) in [4.78, 5) is 0. The lowest BCUT2D eigenvalue weighted by Gasteiger charge is -2.26. The first-order valence-electron chi connectivity index (χ1n) is 6.79. The third kappa shape index (κ3) is 4.00. The molecule has 0 aromatic heterocycles. The lowest BCUT2D eigenvalue weighted by Crippen LogP contribution is -2.28. The van der Waals surface area contributed by atoms with Gasteiger partial charge in [-0.25, -0.2) is 0 Å². The number of ether oxygens (including phenoxy) is 1. The van der Waals surface area contributed by atoms with Gasteiger partial charge in [0.1, 0.15) is 5.75 Å². The van der Waals surface area contributed by atoms with Crippen molar-refractivity contribution < 1.29 is 9.84 Å². The van der Waals surface area contributed by atoms with Gasteiger partial charge in [0, 0.05) is 6.54 Å². The van der Waals surface area contributed by atoms with Crippen molar-refractivity contribution in [1.82, 2.24) is 5.32 Å². The maximum atomic E-state index is 9.62. The summed E-state index contributed by atoms with van der Waals surface area (Å²) >= 11 is 0. The molecule has 2 atom stereocenters. The average molecular weight is 249 g/mol. The summed E-state index contributed by atoms with van der Waals surface area (Å²) in [6.45, 7) is 1.86. The minimum absolute atomic E-state index is 0.0811. The Bertz CT molecular complexity index is 367. The van der Waals surface area contributed by atoms with E-state index in [2.05, 4.69) is 17.4 Å². The van der Waals surface area contributed by atoms with Gasteiger partial charge in [-0.15, -0.1) is 0 Å². The molecule has 0 heterocycles. The topological polar surface area (TPSA) is 41.5 Å². The first kappa shape index (κ1) is 13.4. The molecule has 1 saturated carbocycles. The molecule has 2 N–H and O–H groups in total. The largest absolute Gasteiger partial charge is 0.497 e. The van der Waals surface area contributed by atoms with E-state index in [4.69, 9.17) is 4.74 Å². The molecule has 0 spiro atoms. The Morgan fingerprint density at radius 2 is 2.28 bits per heavy atom. The van der Waals surface area contributed by atoms with Crippen molar-refractivity contribution in [3.63, 3.8) is 0 Å². The van der Waals surface area contributed by atoms with E-state index in [9.17, 15) is 5.11 Å². The third-order valence-corrected chi connectivity index (χ3v) is 3.65. The number of methoxy groups -OCH3 is 1. The number of hydrogen-bond donors (Lipinski definition) is 2. The fourth-order valence-electron chi connectivity index (χ4n) is 2.65. The molecule has 0 amide bonds. The van der Waals surface area contributed by atoms with Crippen LogP contribution in [0, 0.1) is 5.92 Å². The van der Waals surface area contributed by atoms with Crippen LogP contribution in [0.25, 0.3) is 0 Å². The third-order valence-electron chi connectivity index (χ3n) is 3.65. The molecule has 3 nitrogen and oxygen atoms in total. The second-order valence-electron chi connectivity index (χ2n) is 5.17. The van der Waals surface area contributed by atoms with Gasteiger partial charge in [-0.3, -0.25) is 0 Å². The normalized spacial score (nSPS) is 23.9. The van der Waals surface area contributed by atoms with Crippen molar-refractivity contribution in [2.24, 2.45) is 5.92 Å². The molecule has 1 aliphatic carbocycles. The Kier molecular flexibility index (Phi) is 5.02. The summed E-state index contributed by atoms with van der Waals surface area (Å²) in [6.07, 6.45) is 4.24. The van der Waals surface area contributed by atoms with E-state index in [0.29, 0.717) is 5.92 Å². The van der Waals surface area contributed by atoms with E-state index >= 15 is 0 Å². The molecular formula is C15H23NO2. The van der Waals surface area contributed by atoms with Crippen molar-refractivity contribution in [3.05, 3.63) is 29.8 Å². The summed E-state index contributed by atoms with van der Waals surface area (Å²) in [7, 11) is 1.69. The number of aliphatic hydroxyl groups is 1. The number of rotatable bonds is 5. The maximum Gasteiger partial charge on any atom is 0.119 e. The van der Waals surface area contributed by atoms with Crippen LogP contribution in [0.5, 0.6) is 5.75 Å². The molecule has 0 saturated heterocycles. The van der Waals surface area contributed by atoms with E-state index in [1.165, 1.54) is 12.0 Å². The maximum absolute atomic E-state index is 9.62. The van der Waals surface area contributed by atoms with Crippen LogP contribution in [0.2, 0.25) is 0 Å². The number of nitrogens with one attached hydrogen (secondary N) is 1. The van der Waals surface area contributed by atoms with Gasteiger partial charge in [-0.2, -0.15) is 0 Å². The lowest BCUT2D eigenvalue weighted by atomic mass is 9.87. The highest BCUT2D eigenvalue weighted by atomic mass is 16.5. The second kappa shape index (κ2) is 6.76.